The summed E-state index contributed by atoms with van der Waals surface area (Å²) in [5.74, 6) is -0.783. The van der Waals surface area contributed by atoms with Crippen LogP contribution in [0.15, 0.2) is 6.07 Å². The van der Waals surface area contributed by atoms with Crippen molar-refractivity contribution < 1.29 is 14.7 Å². The lowest BCUT2D eigenvalue weighted by Crippen LogP contribution is -2.46. The molecule has 0 bridgehead atoms. The number of aryl methyl sites for hydroxylation is 1. The first-order valence-electron chi connectivity index (χ1n) is 9.59. The van der Waals surface area contributed by atoms with Gasteiger partial charge in [-0.3, -0.25) is 9.48 Å². The highest BCUT2D eigenvalue weighted by atomic mass is 16.4. The van der Waals surface area contributed by atoms with Crippen molar-refractivity contribution in [2.24, 2.45) is 5.92 Å². The fourth-order valence-electron chi connectivity index (χ4n) is 4.70. The first kappa shape index (κ1) is 18.0. The molecule has 1 amide bonds. The van der Waals surface area contributed by atoms with Gasteiger partial charge in [-0.1, -0.05) is 26.7 Å². The minimum atomic E-state index is -0.890. The van der Waals surface area contributed by atoms with Gasteiger partial charge in [-0.05, 0) is 51.0 Å². The van der Waals surface area contributed by atoms with Crippen LogP contribution in [0.2, 0.25) is 0 Å². The molecular formula is C19H29N3O3. The molecule has 25 heavy (non-hydrogen) atoms. The molecule has 2 fully saturated rings. The number of carbonyl (C=O) groups is 2. The molecule has 1 aliphatic carbocycles. The second-order valence-corrected chi connectivity index (χ2v) is 7.50. The molecule has 2 aliphatic rings. The summed E-state index contributed by atoms with van der Waals surface area (Å²) in [6.45, 7) is 6.19. The molecule has 1 aromatic rings. The lowest BCUT2D eigenvalue weighted by atomic mass is 9.84. The van der Waals surface area contributed by atoms with Gasteiger partial charge in [0.15, 0.2) is 5.69 Å². The zero-order valence-corrected chi connectivity index (χ0v) is 15.4. The molecule has 3 atom stereocenters. The molecule has 1 N–H and O–H groups in total. The summed E-state index contributed by atoms with van der Waals surface area (Å²) in [5, 5.41) is 14.2. The molecule has 3 unspecified atom stereocenters. The Kier molecular flexibility index (Phi) is 5.16. The Morgan fingerprint density at radius 1 is 1.28 bits per heavy atom. The Balaban J connectivity index is 1.90. The number of hydrogen-bond acceptors (Lipinski definition) is 3. The molecular weight excluding hydrogens is 318 g/mol. The van der Waals surface area contributed by atoms with Crippen LogP contribution in [-0.4, -0.2) is 43.7 Å². The highest BCUT2D eigenvalue weighted by Gasteiger charge is 2.48. The minimum absolute atomic E-state index is 0.0564. The molecule has 0 spiro atoms. The largest absolute Gasteiger partial charge is 0.480 e. The number of carbonyl (C=O) groups excluding carboxylic acids is 1. The van der Waals surface area contributed by atoms with E-state index in [-0.39, 0.29) is 18.0 Å². The quantitative estimate of drug-likeness (QED) is 0.885. The van der Waals surface area contributed by atoms with Crippen molar-refractivity contribution in [3.05, 3.63) is 17.5 Å². The fourth-order valence-corrected chi connectivity index (χ4v) is 4.70. The number of carboxylic acids is 1. The van der Waals surface area contributed by atoms with Crippen LogP contribution < -0.4 is 0 Å². The van der Waals surface area contributed by atoms with Gasteiger partial charge in [-0.25, -0.2) is 4.79 Å². The summed E-state index contributed by atoms with van der Waals surface area (Å²) >= 11 is 0. The molecule has 1 saturated heterocycles. The van der Waals surface area contributed by atoms with E-state index in [4.69, 9.17) is 0 Å². The number of fused-ring (bicyclic) bond motifs is 1. The fraction of sp³-hybridized carbons (Fsp3) is 0.737. The van der Waals surface area contributed by atoms with Crippen LogP contribution in [0.25, 0.3) is 0 Å². The van der Waals surface area contributed by atoms with E-state index < -0.39 is 12.0 Å². The van der Waals surface area contributed by atoms with Gasteiger partial charge in [0, 0.05) is 11.7 Å². The first-order valence-corrected chi connectivity index (χ1v) is 9.59. The van der Waals surface area contributed by atoms with Gasteiger partial charge in [0.1, 0.15) is 6.04 Å². The van der Waals surface area contributed by atoms with Crippen LogP contribution in [0.3, 0.4) is 0 Å². The van der Waals surface area contributed by atoms with E-state index in [2.05, 4.69) is 18.9 Å². The van der Waals surface area contributed by atoms with Crippen molar-refractivity contribution in [3.63, 3.8) is 0 Å². The van der Waals surface area contributed by atoms with Crippen molar-refractivity contribution >= 4 is 11.9 Å². The highest BCUT2D eigenvalue weighted by molar-refractivity contribution is 5.95. The second kappa shape index (κ2) is 7.18. The maximum absolute atomic E-state index is 13.2. The van der Waals surface area contributed by atoms with E-state index in [1.807, 2.05) is 17.7 Å². The molecule has 6 nitrogen and oxygen atoms in total. The molecule has 3 rings (SSSR count). The number of carboxylic acid groups (broad SMARTS) is 1. The van der Waals surface area contributed by atoms with Crippen LogP contribution in [-0.2, 0) is 4.79 Å². The van der Waals surface area contributed by atoms with Crippen molar-refractivity contribution in [1.82, 2.24) is 14.7 Å². The van der Waals surface area contributed by atoms with Crippen molar-refractivity contribution in [2.45, 2.75) is 83.8 Å². The first-order chi connectivity index (χ1) is 12.0. The Bertz CT molecular complexity index is 650. The van der Waals surface area contributed by atoms with Crippen LogP contribution in [0.5, 0.6) is 0 Å². The van der Waals surface area contributed by atoms with E-state index in [1.54, 1.807) is 4.90 Å². The molecule has 0 aromatic carbocycles. The maximum Gasteiger partial charge on any atom is 0.326 e. The summed E-state index contributed by atoms with van der Waals surface area (Å²) in [7, 11) is 0. The number of aliphatic carboxylic acids is 1. The number of rotatable bonds is 5. The van der Waals surface area contributed by atoms with E-state index in [1.165, 1.54) is 0 Å². The molecule has 1 aliphatic heterocycles. The van der Waals surface area contributed by atoms with Gasteiger partial charge in [0.05, 0.1) is 6.04 Å². The zero-order valence-electron chi connectivity index (χ0n) is 15.4. The molecule has 1 aromatic heterocycles. The number of hydrogen-bond donors (Lipinski definition) is 1. The Morgan fingerprint density at radius 3 is 2.60 bits per heavy atom. The normalized spacial score (nSPS) is 26.1. The zero-order chi connectivity index (χ0) is 18.1. The maximum atomic E-state index is 13.2. The van der Waals surface area contributed by atoms with E-state index in [0.717, 1.165) is 44.2 Å². The van der Waals surface area contributed by atoms with Gasteiger partial charge in [0.2, 0.25) is 0 Å². The summed E-state index contributed by atoms with van der Waals surface area (Å²) < 4.78 is 1.93. The number of nitrogens with zero attached hydrogens (tertiary/aromatic N) is 3. The standard InChI is InChI=1S/C19H29N3O3/c1-4-14(5-2)22-12(3)10-15(20-22)18(23)21-16-9-7-6-8-13(16)11-17(21)19(24)25/h10,13-14,16-17H,4-9,11H2,1-3H3,(H,24,25). The monoisotopic (exact) mass is 347 g/mol. The Morgan fingerprint density at radius 2 is 1.96 bits per heavy atom. The van der Waals surface area contributed by atoms with Gasteiger partial charge in [-0.2, -0.15) is 5.10 Å². The average molecular weight is 347 g/mol. The van der Waals surface area contributed by atoms with Crippen LogP contribution in [0.4, 0.5) is 0 Å². The smallest absolute Gasteiger partial charge is 0.326 e. The summed E-state index contributed by atoms with van der Waals surface area (Å²) in [5.41, 5.74) is 1.35. The van der Waals surface area contributed by atoms with E-state index >= 15 is 0 Å². The van der Waals surface area contributed by atoms with Gasteiger partial charge >= 0.3 is 5.97 Å². The summed E-state index contributed by atoms with van der Waals surface area (Å²) in [6, 6.07) is 1.44. The summed E-state index contributed by atoms with van der Waals surface area (Å²) in [6.07, 6.45) is 6.64. The van der Waals surface area contributed by atoms with Crippen molar-refractivity contribution in [3.8, 4) is 0 Å². The molecule has 0 radical (unpaired) electrons. The predicted octanol–water partition coefficient (Wildman–Crippen LogP) is 3.41. The Hall–Kier alpha value is -1.85. The molecule has 6 heteroatoms. The second-order valence-electron chi connectivity index (χ2n) is 7.50. The van der Waals surface area contributed by atoms with Crippen LogP contribution >= 0.6 is 0 Å². The number of aromatic nitrogens is 2. The summed E-state index contributed by atoms with van der Waals surface area (Å²) in [4.78, 5) is 26.5. The van der Waals surface area contributed by atoms with Crippen molar-refractivity contribution in [2.75, 3.05) is 0 Å². The lowest BCUT2D eigenvalue weighted by Gasteiger charge is -2.32. The third-order valence-corrected chi connectivity index (χ3v) is 6.04. The lowest BCUT2D eigenvalue weighted by molar-refractivity contribution is -0.141. The predicted molar refractivity (Wildman–Crippen MR) is 94.5 cm³/mol. The number of likely N-dealkylation sites (tertiary alicyclic amines) is 1. The van der Waals surface area contributed by atoms with Crippen LogP contribution in [0.1, 0.15) is 81.0 Å². The van der Waals surface area contributed by atoms with Gasteiger partial charge in [-0.15, -0.1) is 0 Å². The van der Waals surface area contributed by atoms with E-state index in [0.29, 0.717) is 18.0 Å². The van der Waals surface area contributed by atoms with E-state index in [9.17, 15) is 14.7 Å². The van der Waals surface area contributed by atoms with Crippen molar-refractivity contribution in [1.29, 1.82) is 0 Å². The number of amides is 1. The molecule has 138 valence electrons. The molecule has 1 saturated carbocycles. The minimum Gasteiger partial charge on any atom is -0.480 e. The van der Waals surface area contributed by atoms with Gasteiger partial charge < -0.3 is 10.0 Å². The Labute approximate surface area is 149 Å². The third kappa shape index (κ3) is 3.18. The third-order valence-electron chi connectivity index (χ3n) is 6.04. The topological polar surface area (TPSA) is 75.4 Å². The average Bonchev–Trinajstić information content (AvgIpc) is 3.17. The molecule has 2 heterocycles. The SMILES string of the molecule is CCC(CC)n1nc(C(=O)N2C(C(=O)O)CC3CCCCC32)cc1C. The highest BCUT2D eigenvalue weighted by Crippen LogP contribution is 2.40. The van der Waals surface area contributed by atoms with Crippen LogP contribution in [0, 0.1) is 12.8 Å². The van der Waals surface area contributed by atoms with Gasteiger partial charge in [0.25, 0.3) is 5.91 Å².